The van der Waals surface area contributed by atoms with Gasteiger partial charge in [0.15, 0.2) is 0 Å². The standard InChI is InChI=1S/C16H20F3N5O/c1-11-2-5-24-10-12(22-14(24)8-11)15(25)21-9-13(16(17,18)19)23-6-3-20-4-7-23/h2,5,8,10,13,20H,3-4,6-7,9H2,1H3,(H,21,25). The maximum atomic E-state index is 13.3. The van der Waals surface area contributed by atoms with E-state index in [0.717, 1.165) is 5.56 Å². The number of hydrogen-bond donors (Lipinski definition) is 2. The van der Waals surface area contributed by atoms with E-state index in [4.69, 9.17) is 0 Å². The predicted octanol–water partition coefficient (Wildman–Crippen LogP) is 1.21. The van der Waals surface area contributed by atoms with Crippen LogP contribution in [-0.4, -0.2) is 65.1 Å². The van der Waals surface area contributed by atoms with Gasteiger partial charge in [0, 0.05) is 45.1 Å². The first-order valence-electron chi connectivity index (χ1n) is 8.09. The number of alkyl halides is 3. The lowest BCUT2D eigenvalue weighted by atomic mass is 10.2. The fraction of sp³-hybridized carbons (Fsp3) is 0.500. The number of rotatable bonds is 4. The Kier molecular flexibility index (Phi) is 4.96. The minimum Gasteiger partial charge on any atom is -0.349 e. The summed E-state index contributed by atoms with van der Waals surface area (Å²) in [5.41, 5.74) is 1.67. The number of nitrogens with one attached hydrogen (secondary N) is 2. The van der Waals surface area contributed by atoms with Crippen LogP contribution >= 0.6 is 0 Å². The SMILES string of the molecule is Cc1ccn2cc(C(=O)NCC(N3CCNCC3)C(F)(F)F)nc2c1. The second-order valence-electron chi connectivity index (χ2n) is 6.15. The number of nitrogens with zero attached hydrogens (tertiary/aromatic N) is 3. The van der Waals surface area contributed by atoms with Crippen molar-refractivity contribution >= 4 is 11.6 Å². The molecule has 9 heteroatoms. The van der Waals surface area contributed by atoms with Gasteiger partial charge in [-0.1, -0.05) is 0 Å². The fourth-order valence-corrected chi connectivity index (χ4v) is 2.92. The largest absolute Gasteiger partial charge is 0.405 e. The van der Waals surface area contributed by atoms with Crippen LogP contribution in [0.25, 0.3) is 5.65 Å². The maximum Gasteiger partial charge on any atom is 0.405 e. The zero-order chi connectivity index (χ0) is 18.0. The number of carbonyl (C=O) groups is 1. The van der Waals surface area contributed by atoms with E-state index >= 15 is 0 Å². The van der Waals surface area contributed by atoms with Gasteiger partial charge in [-0.05, 0) is 24.6 Å². The highest BCUT2D eigenvalue weighted by molar-refractivity contribution is 5.92. The number of aromatic nitrogens is 2. The van der Waals surface area contributed by atoms with Gasteiger partial charge in [0.1, 0.15) is 17.4 Å². The number of amides is 1. The number of piperazine rings is 1. The molecule has 136 valence electrons. The minimum atomic E-state index is -4.40. The Morgan fingerprint density at radius 2 is 2.12 bits per heavy atom. The summed E-state index contributed by atoms with van der Waals surface area (Å²) in [5, 5.41) is 5.40. The number of imidazole rings is 1. The highest BCUT2D eigenvalue weighted by atomic mass is 19.4. The van der Waals surface area contributed by atoms with E-state index in [0.29, 0.717) is 31.8 Å². The van der Waals surface area contributed by atoms with Crippen LogP contribution in [0.15, 0.2) is 24.5 Å². The highest BCUT2D eigenvalue weighted by Gasteiger charge is 2.43. The van der Waals surface area contributed by atoms with Crippen LogP contribution in [0.2, 0.25) is 0 Å². The summed E-state index contributed by atoms with van der Waals surface area (Å²) >= 11 is 0. The molecule has 2 N–H and O–H groups in total. The van der Waals surface area contributed by atoms with Crippen LogP contribution in [0, 0.1) is 6.92 Å². The van der Waals surface area contributed by atoms with Gasteiger partial charge in [-0.25, -0.2) is 4.98 Å². The Labute approximate surface area is 143 Å². The van der Waals surface area contributed by atoms with Gasteiger partial charge in [0.05, 0.1) is 0 Å². The van der Waals surface area contributed by atoms with Gasteiger partial charge in [0.25, 0.3) is 5.91 Å². The van der Waals surface area contributed by atoms with Gasteiger partial charge in [-0.2, -0.15) is 13.2 Å². The van der Waals surface area contributed by atoms with Crippen molar-refractivity contribution in [3.8, 4) is 0 Å². The Morgan fingerprint density at radius 1 is 1.40 bits per heavy atom. The van der Waals surface area contributed by atoms with E-state index in [2.05, 4.69) is 15.6 Å². The second kappa shape index (κ2) is 7.01. The molecule has 2 aromatic rings. The Bertz CT molecular complexity index is 752. The molecule has 3 heterocycles. The fourth-order valence-electron chi connectivity index (χ4n) is 2.92. The zero-order valence-electron chi connectivity index (χ0n) is 13.8. The molecule has 0 bridgehead atoms. The van der Waals surface area contributed by atoms with Crippen LogP contribution in [0.4, 0.5) is 13.2 Å². The molecule has 1 aliphatic heterocycles. The molecule has 0 aliphatic carbocycles. The zero-order valence-corrected chi connectivity index (χ0v) is 13.8. The van der Waals surface area contributed by atoms with Crippen molar-refractivity contribution in [2.45, 2.75) is 19.1 Å². The van der Waals surface area contributed by atoms with Gasteiger partial charge < -0.3 is 15.0 Å². The predicted molar refractivity (Wildman–Crippen MR) is 86.5 cm³/mol. The molecule has 1 atom stereocenters. The lowest BCUT2D eigenvalue weighted by Gasteiger charge is -2.35. The third-order valence-electron chi connectivity index (χ3n) is 4.27. The number of pyridine rings is 1. The summed E-state index contributed by atoms with van der Waals surface area (Å²) in [7, 11) is 0. The second-order valence-corrected chi connectivity index (χ2v) is 6.15. The third-order valence-corrected chi connectivity index (χ3v) is 4.27. The molecule has 3 rings (SSSR count). The van der Waals surface area contributed by atoms with Crippen molar-refractivity contribution < 1.29 is 18.0 Å². The molecule has 1 unspecified atom stereocenters. The maximum absolute atomic E-state index is 13.3. The molecule has 0 radical (unpaired) electrons. The first-order valence-corrected chi connectivity index (χ1v) is 8.09. The van der Waals surface area contributed by atoms with E-state index in [1.54, 1.807) is 16.7 Å². The summed E-state index contributed by atoms with van der Waals surface area (Å²) in [5.74, 6) is -0.606. The average Bonchev–Trinajstić information content (AvgIpc) is 2.98. The number of halogens is 3. The van der Waals surface area contributed by atoms with Gasteiger partial charge >= 0.3 is 6.18 Å². The van der Waals surface area contributed by atoms with Crippen LogP contribution in [-0.2, 0) is 0 Å². The third kappa shape index (κ3) is 4.10. The van der Waals surface area contributed by atoms with Crippen molar-refractivity contribution in [1.82, 2.24) is 24.9 Å². The molecule has 1 saturated heterocycles. The summed E-state index contributed by atoms with van der Waals surface area (Å²) in [6.07, 6.45) is -1.13. The van der Waals surface area contributed by atoms with E-state index in [-0.39, 0.29) is 5.69 Å². The average molecular weight is 355 g/mol. The van der Waals surface area contributed by atoms with Crippen LogP contribution < -0.4 is 10.6 Å². The van der Waals surface area contributed by atoms with Gasteiger partial charge in [-0.15, -0.1) is 0 Å². The molecule has 1 fully saturated rings. The van der Waals surface area contributed by atoms with E-state index < -0.39 is 24.7 Å². The molecule has 6 nitrogen and oxygen atoms in total. The van der Waals surface area contributed by atoms with Gasteiger partial charge in [-0.3, -0.25) is 9.69 Å². The Morgan fingerprint density at radius 3 is 2.80 bits per heavy atom. The summed E-state index contributed by atoms with van der Waals surface area (Å²) in [4.78, 5) is 17.8. The van der Waals surface area contributed by atoms with Crippen molar-refractivity contribution in [2.24, 2.45) is 0 Å². The topological polar surface area (TPSA) is 61.7 Å². The Balaban J connectivity index is 1.69. The summed E-state index contributed by atoms with van der Waals surface area (Å²) in [6, 6.07) is 1.97. The first kappa shape index (κ1) is 17.7. The molecule has 0 saturated carbocycles. The Hall–Kier alpha value is -2.13. The number of aryl methyl sites for hydroxylation is 1. The molecule has 1 amide bonds. The van der Waals surface area contributed by atoms with Crippen molar-refractivity contribution in [3.05, 3.63) is 35.8 Å². The highest BCUT2D eigenvalue weighted by Crippen LogP contribution is 2.24. The van der Waals surface area contributed by atoms with E-state index in [1.807, 2.05) is 13.0 Å². The van der Waals surface area contributed by atoms with Crippen molar-refractivity contribution in [1.29, 1.82) is 0 Å². The number of fused-ring (bicyclic) bond motifs is 1. The first-order chi connectivity index (χ1) is 11.8. The quantitative estimate of drug-likeness (QED) is 0.866. The van der Waals surface area contributed by atoms with Crippen LogP contribution in [0.5, 0.6) is 0 Å². The summed E-state index contributed by atoms with van der Waals surface area (Å²) in [6.45, 7) is 3.02. The normalized spacial score (nSPS) is 17.6. The summed E-state index contributed by atoms with van der Waals surface area (Å²) < 4.78 is 41.7. The van der Waals surface area contributed by atoms with Crippen molar-refractivity contribution in [3.63, 3.8) is 0 Å². The molecular weight excluding hydrogens is 335 g/mol. The molecule has 0 aromatic carbocycles. The van der Waals surface area contributed by atoms with E-state index in [9.17, 15) is 18.0 Å². The monoisotopic (exact) mass is 355 g/mol. The van der Waals surface area contributed by atoms with Crippen LogP contribution in [0.3, 0.4) is 0 Å². The molecule has 0 spiro atoms. The smallest absolute Gasteiger partial charge is 0.349 e. The molecular formula is C16H20F3N5O. The molecule has 1 aliphatic rings. The van der Waals surface area contributed by atoms with Gasteiger partial charge in [0.2, 0.25) is 0 Å². The molecule has 25 heavy (non-hydrogen) atoms. The van der Waals surface area contributed by atoms with Crippen LogP contribution in [0.1, 0.15) is 16.1 Å². The van der Waals surface area contributed by atoms with E-state index in [1.165, 1.54) is 11.1 Å². The van der Waals surface area contributed by atoms with Crippen molar-refractivity contribution in [2.75, 3.05) is 32.7 Å². The number of hydrogen-bond acceptors (Lipinski definition) is 4. The lowest BCUT2D eigenvalue weighted by molar-refractivity contribution is -0.183. The lowest BCUT2D eigenvalue weighted by Crippen LogP contribution is -2.57. The molecule has 2 aromatic heterocycles. The number of carbonyl (C=O) groups excluding carboxylic acids is 1. The minimum absolute atomic E-state index is 0.104.